The van der Waals surface area contributed by atoms with Crippen molar-refractivity contribution in [2.45, 2.75) is 36.8 Å². The summed E-state index contributed by atoms with van der Waals surface area (Å²) < 4.78 is 63.8. The van der Waals surface area contributed by atoms with Crippen LogP contribution in [0.25, 0.3) is 0 Å². The van der Waals surface area contributed by atoms with Crippen LogP contribution in [-0.4, -0.2) is 43.1 Å². The summed E-state index contributed by atoms with van der Waals surface area (Å²) in [4.78, 5) is 11.6. The lowest BCUT2D eigenvalue weighted by atomic mass is 9.81. The molecule has 0 amide bonds. The van der Waals surface area contributed by atoms with Crippen molar-refractivity contribution in [3.05, 3.63) is 29.8 Å². The van der Waals surface area contributed by atoms with E-state index in [0.29, 0.717) is 12.8 Å². The first-order chi connectivity index (χ1) is 11.5. The van der Waals surface area contributed by atoms with E-state index >= 15 is 0 Å². The summed E-state index contributed by atoms with van der Waals surface area (Å²) in [6, 6.07) is 4.59. The molecule has 0 unspecified atom stereocenters. The van der Waals surface area contributed by atoms with Gasteiger partial charge in [-0.05, 0) is 36.5 Å². The van der Waals surface area contributed by atoms with Crippen molar-refractivity contribution in [1.82, 2.24) is 4.31 Å². The van der Waals surface area contributed by atoms with Gasteiger partial charge in [0.25, 0.3) is 0 Å². The van der Waals surface area contributed by atoms with E-state index in [-0.39, 0.29) is 29.5 Å². The molecular weight excluding hydrogens is 359 g/mol. The van der Waals surface area contributed by atoms with Gasteiger partial charge in [0, 0.05) is 13.1 Å². The Morgan fingerprint density at radius 2 is 1.92 bits per heavy atom. The summed E-state index contributed by atoms with van der Waals surface area (Å²) >= 11 is 0. The van der Waals surface area contributed by atoms with Gasteiger partial charge in [0.15, 0.2) is 0 Å². The Morgan fingerprint density at radius 1 is 1.28 bits per heavy atom. The van der Waals surface area contributed by atoms with Gasteiger partial charge >= 0.3 is 12.1 Å². The summed E-state index contributed by atoms with van der Waals surface area (Å²) in [5, 5.41) is 9.54. The number of benzene rings is 1. The van der Waals surface area contributed by atoms with Crippen molar-refractivity contribution in [2.75, 3.05) is 13.1 Å². The molecule has 1 aromatic rings. The third-order valence-electron chi connectivity index (χ3n) is 5.23. The zero-order valence-electron chi connectivity index (χ0n) is 13.3. The summed E-state index contributed by atoms with van der Waals surface area (Å²) in [7, 11) is -3.92. The molecule has 9 heteroatoms. The van der Waals surface area contributed by atoms with E-state index in [1.807, 2.05) is 0 Å². The molecule has 1 saturated heterocycles. The van der Waals surface area contributed by atoms with Crippen LogP contribution in [0.4, 0.5) is 13.2 Å². The molecule has 5 nitrogen and oxygen atoms in total. The Balaban J connectivity index is 1.82. The number of nitrogens with zero attached hydrogens (tertiary/aromatic N) is 1. The minimum absolute atomic E-state index is 0.0215. The maximum atomic E-state index is 12.7. The van der Waals surface area contributed by atoms with Crippen LogP contribution < -0.4 is 0 Å². The van der Waals surface area contributed by atoms with Crippen molar-refractivity contribution in [3.63, 3.8) is 0 Å². The monoisotopic (exact) mass is 377 g/mol. The van der Waals surface area contributed by atoms with E-state index in [1.165, 1.54) is 0 Å². The smallest absolute Gasteiger partial charge is 0.393 e. The molecule has 1 aliphatic heterocycles. The number of hydrogen-bond donors (Lipinski definition) is 1. The number of carboxylic acid groups (broad SMARTS) is 1. The molecule has 2 aliphatic rings. The second kappa shape index (κ2) is 5.98. The molecule has 1 heterocycles. The first-order valence-corrected chi connectivity index (χ1v) is 9.38. The number of halogens is 3. The van der Waals surface area contributed by atoms with Gasteiger partial charge in [0.05, 0.1) is 16.7 Å². The van der Waals surface area contributed by atoms with Crippen LogP contribution in [0.3, 0.4) is 0 Å². The molecule has 1 N–H and O–H groups in total. The molecule has 0 spiro atoms. The predicted octanol–water partition coefficient (Wildman–Crippen LogP) is 2.67. The second-order valence-corrected chi connectivity index (χ2v) is 8.72. The third kappa shape index (κ3) is 3.27. The second-order valence-electron chi connectivity index (χ2n) is 6.78. The van der Waals surface area contributed by atoms with E-state index in [4.69, 9.17) is 0 Å². The highest BCUT2D eigenvalue weighted by Crippen LogP contribution is 2.50. The van der Waals surface area contributed by atoms with Gasteiger partial charge in [-0.3, -0.25) is 4.79 Å². The Labute approximate surface area is 143 Å². The SMILES string of the molecule is O=C(O)[C@@]12CCC[C@H]1CN(S(=O)(=O)c1ccc(CC(F)(F)F)cc1)C2. The summed E-state index contributed by atoms with van der Waals surface area (Å²) in [5.41, 5.74) is -1.06. The Hall–Kier alpha value is -1.61. The molecule has 1 saturated carbocycles. The molecule has 0 bridgehead atoms. The van der Waals surface area contributed by atoms with Gasteiger partial charge in [-0.25, -0.2) is 8.42 Å². The van der Waals surface area contributed by atoms with Gasteiger partial charge in [-0.1, -0.05) is 18.6 Å². The molecule has 3 rings (SSSR count). The number of hydrogen-bond acceptors (Lipinski definition) is 3. The van der Waals surface area contributed by atoms with Crippen LogP contribution in [-0.2, 0) is 21.2 Å². The maximum Gasteiger partial charge on any atom is 0.393 e. The van der Waals surface area contributed by atoms with Crippen LogP contribution >= 0.6 is 0 Å². The van der Waals surface area contributed by atoms with E-state index in [0.717, 1.165) is 35.0 Å². The molecule has 138 valence electrons. The zero-order valence-corrected chi connectivity index (χ0v) is 14.1. The zero-order chi connectivity index (χ0) is 18.5. The average molecular weight is 377 g/mol. The minimum Gasteiger partial charge on any atom is -0.481 e. The number of fused-ring (bicyclic) bond motifs is 1. The van der Waals surface area contributed by atoms with Crippen LogP contribution in [0, 0.1) is 11.3 Å². The fourth-order valence-corrected chi connectivity index (χ4v) is 5.49. The molecule has 1 aromatic carbocycles. The number of rotatable bonds is 4. The largest absolute Gasteiger partial charge is 0.481 e. The van der Waals surface area contributed by atoms with Gasteiger partial charge in [0.2, 0.25) is 10.0 Å². The van der Waals surface area contributed by atoms with E-state index in [1.54, 1.807) is 0 Å². The number of alkyl halides is 3. The van der Waals surface area contributed by atoms with E-state index in [2.05, 4.69) is 0 Å². The summed E-state index contributed by atoms with van der Waals surface area (Å²) in [5.74, 6) is -1.20. The van der Waals surface area contributed by atoms with Gasteiger partial charge in [0.1, 0.15) is 0 Å². The molecule has 0 aromatic heterocycles. The number of carboxylic acids is 1. The first kappa shape index (κ1) is 18.2. The average Bonchev–Trinajstić information content (AvgIpc) is 3.04. The standard InChI is InChI=1S/C16H18F3NO4S/c17-16(18,19)8-11-3-5-13(6-4-11)25(23,24)20-9-12-2-1-7-15(12,10-20)14(21)22/h3-6,12H,1-2,7-10H2,(H,21,22)/t12-,15+/m0/s1. The van der Waals surface area contributed by atoms with E-state index < -0.39 is 34.0 Å². The van der Waals surface area contributed by atoms with Gasteiger partial charge in [-0.2, -0.15) is 17.5 Å². The molecular formula is C16H18F3NO4S. The topological polar surface area (TPSA) is 74.7 Å². The molecule has 25 heavy (non-hydrogen) atoms. The molecule has 2 fully saturated rings. The molecule has 1 aliphatic carbocycles. The van der Waals surface area contributed by atoms with Crippen molar-refractivity contribution in [2.24, 2.45) is 11.3 Å². The van der Waals surface area contributed by atoms with Crippen LogP contribution in [0.5, 0.6) is 0 Å². The maximum absolute atomic E-state index is 12.7. The van der Waals surface area contributed by atoms with Crippen LogP contribution in [0.15, 0.2) is 29.2 Å². The quantitative estimate of drug-likeness (QED) is 0.875. The Morgan fingerprint density at radius 3 is 2.44 bits per heavy atom. The summed E-state index contributed by atoms with van der Waals surface area (Å²) in [6.07, 6.45) is -3.61. The lowest BCUT2D eigenvalue weighted by molar-refractivity contribution is -0.149. The lowest BCUT2D eigenvalue weighted by Crippen LogP contribution is -2.37. The van der Waals surface area contributed by atoms with Gasteiger partial charge in [-0.15, -0.1) is 0 Å². The minimum atomic E-state index is -4.36. The molecule has 0 radical (unpaired) electrons. The normalized spacial score (nSPS) is 27.4. The fraction of sp³-hybridized carbons (Fsp3) is 0.562. The highest BCUT2D eigenvalue weighted by molar-refractivity contribution is 7.89. The van der Waals surface area contributed by atoms with Gasteiger partial charge < -0.3 is 5.11 Å². The first-order valence-electron chi connectivity index (χ1n) is 7.94. The number of aliphatic carboxylic acids is 1. The predicted molar refractivity (Wildman–Crippen MR) is 82.4 cm³/mol. The van der Waals surface area contributed by atoms with Crippen molar-refractivity contribution in [3.8, 4) is 0 Å². The Kier molecular flexibility index (Phi) is 4.35. The number of carbonyl (C=O) groups is 1. The summed E-state index contributed by atoms with van der Waals surface area (Å²) in [6.45, 7) is 0.0541. The van der Waals surface area contributed by atoms with Crippen LogP contribution in [0.2, 0.25) is 0 Å². The third-order valence-corrected chi connectivity index (χ3v) is 7.06. The van der Waals surface area contributed by atoms with Crippen molar-refractivity contribution >= 4 is 16.0 Å². The van der Waals surface area contributed by atoms with Crippen molar-refractivity contribution in [1.29, 1.82) is 0 Å². The van der Waals surface area contributed by atoms with E-state index in [9.17, 15) is 31.5 Å². The lowest BCUT2D eigenvalue weighted by Gasteiger charge is -2.23. The van der Waals surface area contributed by atoms with Crippen LogP contribution in [0.1, 0.15) is 24.8 Å². The number of sulfonamides is 1. The Bertz CT molecular complexity index is 776. The van der Waals surface area contributed by atoms with Crippen molar-refractivity contribution < 1.29 is 31.5 Å². The fourth-order valence-electron chi connectivity index (χ4n) is 3.94. The molecule has 2 atom stereocenters. The highest BCUT2D eigenvalue weighted by atomic mass is 32.2. The highest BCUT2D eigenvalue weighted by Gasteiger charge is 2.57.